The number of rotatable bonds is 8. The lowest BCUT2D eigenvalue weighted by molar-refractivity contribution is 0.129. The van der Waals surface area contributed by atoms with E-state index in [1.807, 2.05) is 91.9 Å². The molecular formula is C26H26N2O2. The molecule has 0 aliphatic heterocycles. The normalized spacial score (nSPS) is 11.7. The molecule has 0 radical (unpaired) electrons. The molecule has 3 aromatic carbocycles. The topological polar surface area (TPSA) is 42.8 Å². The summed E-state index contributed by atoms with van der Waals surface area (Å²) in [5, 5.41) is 7.75. The van der Waals surface area contributed by atoms with Gasteiger partial charge in [0.1, 0.15) is 12.4 Å². The number of anilines is 1. The summed E-state index contributed by atoms with van der Waals surface area (Å²) in [6, 6.07) is 27.7. The van der Waals surface area contributed by atoms with Crippen LogP contribution in [0.1, 0.15) is 24.5 Å². The Morgan fingerprint density at radius 2 is 1.60 bits per heavy atom. The van der Waals surface area contributed by atoms with Gasteiger partial charge in [-0.25, -0.2) is 0 Å². The lowest BCUT2D eigenvalue weighted by Crippen LogP contribution is -2.20. The average Bonchev–Trinajstić information content (AvgIpc) is 2.79. The van der Waals surface area contributed by atoms with E-state index in [-0.39, 0.29) is 6.04 Å². The minimum Gasteiger partial charge on any atom is -0.497 e. The fourth-order valence-electron chi connectivity index (χ4n) is 2.84. The Bertz CT molecular complexity index is 988. The smallest absolute Gasteiger partial charge is 0.142 e. The van der Waals surface area contributed by atoms with Crippen LogP contribution in [-0.2, 0) is 11.4 Å². The first-order valence-corrected chi connectivity index (χ1v) is 9.89. The Morgan fingerprint density at radius 1 is 0.933 bits per heavy atom. The van der Waals surface area contributed by atoms with E-state index in [4.69, 9.17) is 9.57 Å². The van der Waals surface area contributed by atoms with Crippen LogP contribution in [0.5, 0.6) is 5.75 Å². The number of hydrogen-bond acceptors (Lipinski definition) is 4. The van der Waals surface area contributed by atoms with Crippen LogP contribution in [0.3, 0.4) is 0 Å². The van der Waals surface area contributed by atoms with Gasteiger partial charge in [-0.1, -0.05) is 65.5 Å². The zero-order valence-corrected chi connectivity index (χ0v) is 17.3. The van der Waals surface area contributed by atoms with Gasteiger partial charge in [-0.15, -0.1) is 0 Å². The molecule has 4 heteroatoms. The monoisotopic (exact) mass is 398 g/mol. The van der Waals surface area contributed by atoms with Gasteiger partial charge >= 0.3 is 0 Å². The zero-order valence-electron chi connectivity index (χ0n) is 17.3. The van der Waals surface area contributed by atoms with Gasteiger partial charge in [-0.3, -0.25) is 0 Å². The molecule has 30 heavy (non-hydrogen) atoms. The zero-order chi connectivity index (χ0) is 21.0. The first kappa shape index (κ1) is 21.0. The molecule has 0 aromatic heterocycles. The molecular weight excluding hydrogens is 372 g/mol. The second-order valence-electron chi connectivity index (χ2n) is 6.85. The summed E-state index contributed by atoms with van der Waals surface area (Å²) in [6.45, 7) is 2.41. The Kier molecular flexibility index (Phi) is 7.93. The Labute approximate surface area is 178 Å². The largest absolute Gasteiger partial charge is 0.497 e. The van der Waals surface area contributed by atoms with Gasteiger partial charge in [0.2, 0.25) is 0 Å². The van der Waals surface area contributed by atoms with Crippen molar-refractivity contribution in [3.05, 3.63) is 96.1 Å². The van der Waals surface area contributed by atoms with E-state index in [2.05, 4.69) is 22.3 Å². The van der Waals surface area contributed by atoms with Gasteiger partial charge in [0.15, 0.2) is 0 Å². The first-order chi connectivity index (χ1) is 14.7. The van der Waals surface area contributed by atoms with Crippen molar-refractivity contribution in [1.29, 1.82) is 0 Å². The molecule has 3 rings (SSSR count). The van der Waals surface area contributed by atoms with Gasteiger partial charge in [-0.2, -0.15) is 0 Å². The molecule has 4 nitrogen and oxygen atoms in total. The van der Waals surface area contributed by atoms with Crippen molar-refractivity contribution >= 4 is 11.4 Å². The van der Waals surface area contributed by atoms with Crippen LogP contribution in [0.2, 0.25) is 0 Å². The molecule has 3 aromatic rings. The van der Waals surface area contributed by atoms with Crippen LogP contribution >= 0.6 is 0 Å². The fourth-order valence-corrected chi connectivity index (χ4v) is 2.84. The number of ether oxygens (including phenoxy) is 1. The number of oxime groups is 1. The van der Waals surface area contributed by atoms with Crippen LogP contribution < -0.4 is 10.1 Å². The third-order valence-electron chi connectivity index (χ3n) is 4.39. The molecule has 1 N–H and O–H groups in total. The second-order valence-corrected chi connectivity index (χ2v) is 6.85. The van der Waals surface area contributed by atoms with Gasteiger partial charge in [0.25, 0.3) is 0 Å². The van der Waals surface area contributed by atoms with Gasteiger partial charge < -0.3 is 14.9 Å². The number of nitrogens with one attached hydrogen (secondary N) is 1. The summed E-state index contributed by atoms with van der Waals surface area (Å²) in [5.74, 6) is 7.38. The number of hydrogen-bond donors (Lipinski definition) is 1. The first-order valence-electron chi connectivity index (χ1n) is 9.89. The quantitative estimate of drug-likeness (QED) is 0.309. The molecule has 0 aliphatic rings. The Hall–Kier alpha value is -3.71. The van der Waals surface area contributed by atoms with E-state index in [1.165, 1.54) is 0 Å². The van der Waals surface area contributed by atoms with Crippen LogP contribution in [0.15, 0.2) is 90.1 Å². The fraction of sp³-hybridized carbons (Fsp3) is 0.192. The minimum atomic E-state index is -0.109. The maximum Gasteiger partial charge on any atom is 0.142 e. The van der Waals surface area contributed by atoms with E-state index in [9.17, 15) is 0 Å². The highest BCUT2D eigenvalue weighted by Crippen LogP contribution is 2.16. The predicted molar refractivity (Wildman–Crippen MR) is 123 cm³/mol. The second kappa shape index (κ2) is 11.3. The Morgan fingerprint density at radius 3 is 2.27 bits per heavy atom. The molecule has 0 heterocycles. The molecule has 0 saturated heterocycles. The highest BCUT2D eigenvalue weighted by Gasteiger charge is 2.08. The van der Waals surface area contributed by atoms with E-state index >= 15 is 0 Å². The average molecular weight is 399 g/mol. The SMILES string of the molecule is COc1ccc(NC(C#Cc2ccccc2)C/C(C)=N/OCc2ccccc2)cc1. The third kappa shape index (κ3) is 7.03. The standard InChI is InChI=1S/C26H26N2O2/c1-21(28-30-20-23-11-7-4-8-12-23)19-25(14-13-22-9-5-3-6-10-22)27-24-15-17-26(29-2)18-16-24/h3-12,15-18,25,27H,19-20H2,1-2H3/b28-21+. The van der Waals surface area contributed by atoms with Crippen molar-refractivity contribution in [2.24, 2.45) is 5.16 Å². The summed E-state index contributed by atoms with van der Waals surface area (Å²) >= 11 is 0. The lowest BCUT2D eigenvalue weighted by atomic mass is 10.1. The lowest BCUT2D eigenvalue weighted by Gasteiger charge is -2.15. The molecule has 0 aliphatic carbocycles. The molecule has 1 atom stereocenters. The van der Waals surface area contributed by atoms with Crippen molar-refractivity contribution in [2.75, 3.05) is 12.4 Å². The van der Waals surface area contributed by atoms with Crippen LogP contribution in [0, 0.1) is 11.8 Å². The van der Waals surface area contributed by atoms with E-state index < -0.39 is 0 Å². The Balaban J connectivity index is 1.67. The maximum atomic E-state index is 5.52. The maximum absolute atomic E-state index is 5.52. The van der Waals surface area contributed by atoms with Crippen molar-refractivity contribution in [3.63, 3.8) is 0 Å². The van der Waals surface area contributed by atoms with Crippen molar-refractivity contribution in [1.82, 2.24) is 0 Å². The molecule has 152 valence electrons. The van der Waals surface area contributed by atoms with Crippen molar-refractivity contribution in [2.45, 2.75) is 26.0 Å². The molecule has 0 saturated carbocycles. The van der Waals surface area contributed by atoms with Gasteiger partial charge in [0, 0.05) is 17.7 Å². The summed E-state index contributed by atoms with van der Waals surface area (Å²) in [7, 11) is 1.66. The summed E-state index contributed by atoms with van der Waals surface area (Å²) in [6.07, 6.45) is 0.640. The molecule has 0 amide bonds. The number of nitrogens with zero attached hydrogens (tertiary/aromatic N) is 1. The van der Waals surface area contributed by atoms with Crippen molar-refractivity contribution in [3.8, 4) is 17.6 Å². The predicted octanol–water partition coefficient (Wildman–Crippen LogP) is 5.51. The van der Waals surface area contributed by atoms with Crippen LogP contribution in [-0.4, -0.2) is 18.9 Å². The molecule has 0 spiro atoms. The van der Waals surface area contributed by atoms with Gasteiger partial charge in [-0.05, 0) is 48.9 Å². The van der Waals surface area contributed by atoms with Gasteiger partial charge in [0.05, 0.1) is 18.9 Å². The van der Waals surface area contributed by atoms with Crippen LogP contribution in [0.25, 0.3) is 0 Å². The number of methoxy groups -OCH3 is 1. The van der Waals surface area contributed by atoms with Crippen molar-refractivity contribution < 1.29 is 9.57 Å². The van der Waals surface area contributed by atoms with E-state index in [1.54, 1.807) is 7.11 Å². The minimum absolute atomic E-state index is 0.109. The molecule has 1 unspecified atom stereocenters. The molecule has 0 bridgehead atoms. The summed E-state index contributed by atoms with van der Waals surface area (Å²) in [4.78, 5) is 5.52. The molecule has 0 fully saturated rings. The summed E-state index contributed by atoms with van der Waals surface area (Å²) < 4.78 is 5.23. The highest BCUT2D eigenvalue weighted by molar-refractivity contribution is 5.82. The number of benzene rings is 3. The van der Waals surface area contributed by atoms with E-state index in [0.29, 0.717) is 13.0 Å². The third-order valence-corrected chi connectivity index (χ3v) is 4.39. The highest BCUT2D eigenvalue weighted by atomic mass is 16.6. The summed E-state index contributed by atoms with van der Waals surface area (Å²) in [5.41, 5.74) is 3.92. The van der Waals surface area contributed by atoms with Crippen LogP contribution in [0.4, 0.5) is 5.69 Å². The van der Waals surface area contributed by atoms with E-state index in [0.717, 1.165) is 28.3 Å².